The quantitative estimate of drug-likeness (QED) is 0.767. The standard InChI is InChI=1S/C20H20N2O3/c1-13-7-6-9-15(11-13)20-22-18(14(2)25-20)19(23)21-12-16-8-4-5-10-17(16)24-3/h4-11H,12H2,1-3H3,(H,21,23). The molecule has 25 heavy (non-hydrogen) atoms. The van der Waals surface area contributed by atoms with Gasteiger partial charge in [-0.15, -0.1) is 0 Å². The summed E-state index contributed by atoms with van der Waals surface area (Å²) in [5, 5.41) is 2.87. The van der Waals surface area contributed by atoms with E-state index in [1.807, 2.05) is 55.5 Å². The molecule has 3 aromatic rings. The fourth-order valence-electron chi connectivity index (χ4n) is 2.62. The van der Waals surface area contributed by atoms with Crippen molar-refractivity contribution in [2.45, 2.75) is 20.4 Å². The Morgan fingerprint density at radius 1 is 1.16 bits per heavy atom. The second-order valence-electron chi connectivity index (χ2n) is 5.79. The molecular weight excluding hydrogens is 316 g/mol. The predicted octanol–water partition coefficient (Wildman–Crippen LogP) is 3.90. The van der Waals surface area contributed by atoms with Crippen LogP contribution in [-0.2, 0) is 6.54 Å². The number of aryl methyl sites for hydroxylation is 2. The van der Waals surface area contributed by atoms with Gasteiger partial charge in [0.2, 0.25) is 5.89 Å². The van der Waals surface area contributed by atoms with Crippen LogP contribution in [0.15, 0.2) is 52.9 Å². The number of amides is 1. The first kappa shape index (κ1) is 16.8. The zero-order valence-electron chi connectivity index (χ0n) is 14.5. The van der Waals surface area contributed by atoms with Gasteiger partial charge in [-0.2, -0.15) is 0 Å². The van der Waals surface area contributed by atoms with E-state index in [9.17, 15) is 4.79 Å². The molecule has 0 bridgehead atoms. The summed E-state index contributed by atoms with van der Waals surface area (Å²) in [6.45, 7) is 4.10. The van der Waals surface area contributed by atoms with E-state index < -0.39 is 0 Å². The van der Waals surface area contributed by atoms with Crippen molar-refractivity contribution >= 4 is 5.91 Å². The minimum absolute atomic E-state index is 0.272. The molecule has 1 amide bonds. The van der Waals surface area contributed by atoms with Gasteiger partial charge < -0.3 is 14.5 Å². The van der Waals surface area contributed by atoms with E-state index in [4.69, 9.17) is 9.15 Å². The molecule has 5 nitrogen and oxygen atoms in total. The van der Waals surface area contributed by atoms with Gasteiger partial charge in [0.15, 0.2) is 5.69 Å². The zero-order valence-corrected chi connectivity index (χ0v) is 14.5. The van der Waals surface area contributed by atoms with Crippen LogP contribution in [0.4, 0.5) is 0 Å². The van der Waals surface area contributed by atoms with E-state index in [1.165, 1.54) is 0 Å². The fourth-order valence-corrected chi connectivity index (χ4v) is 2.62. The van der Waals surface area contributed by atoms with Crippen molar-refractivity contribution in [1.29, 1.82) is 0 Å². The SMILES string of the molecule is COc1ccccc1CNC(=O)c1nc(-c2cccc(C)c2)oc1C. The summed E-state index contributed by atoms with van der Waals surface area (Å²) in [6.07, 6.45) is 0. The van der Waals surface area contributed by atoms with Crippen LogP contribution in [0, 0.1) is 13.8 Å². The number of rotatable bonds is 5. The number of carbonyl (C=O) groups excluding carboxylic acids is 1. The van der Waals surface area contributed by atoms with E-state index in [0.29, 0.717) is 23.9 Å². The second-order valence-corrected chi connectivity index (χ2v) is 5.79. The van der Waals surface area contributed by atoms with E-state index in [2.05, 4.69) is 10.3 Å². The molecule has 2 aromatic carbocycles. The van der Waals surface area contributed by atoms with Gasteiger partial charge in [-0.1, -0.05) is 35.9 Å². The molecule has 0 unspecified atom stereocenters. The molecule has 0 aliphatic heterocycles. The molecular formula is C20H20N2O3. The van der Waals surface area contributed by atoms with Crippen LogP contribution < -0.4 is 10.1 Å². The first-order chi connectivity index (χ1) is 12.1. The molecule has 5 heteroatoms. The van der Waals surface area contributed by atoms with E-state index in [1.54, 1.807) is 14.0 Å². The fraction of sp³-hybridized carbons (Fsp3) is 0.200. The monoisotopic (exact) mass is 336 g/mol. The maximum absolute atomic E-state index is 12.5. The topological polar surface area (TPSA) is 64.4 Å². The van der Waals surface area contributed by atoms with Gasteiger partial charge in [0.25, 0.3) is 5.91 Å². The van der Waals surface area contributed by atoms with E-state index in [-0.39, 0.29) is 5.91 Å². The molecule has 1 heterocycles. The van der Waals surface area contributed by atoms with Crippen molar-refractivity contribution in [2.24, 2.45) is 0 Å². The molecule has 0 saturated heterocycles. The number of ether oxygens (including phenoxy) is 1. The average Bonchev–Trinajstić information content (AvgIpc) is 3.02. The molecule has 1 N–H and O–H groups in total. The Labute approximate surface area is 146 Å². The lowest BCUT2D eigenvalue weighted by Gasteiger charge is -2.08. The highest BCUT2D eigenvalue weighted by atomic mass is 16.5. The normalized spacial score (nSPS) is 10.5. The lowest BCUT2D eigenvalue weighted by molar-refractivity contribution is 0.0945. The molecule has 0 radical (unpaired) electrons. The molecule has 0 saturated carbocycles. The Hall–Kier alpha value is -3.08. The van der Waals surface area contributed by atoms with Gasteiger partial charge in [-0.05, 0) is 32.0 Å². The predicted molar refractivity (Wildman–Crippen MR) is 95.6 cm³/mol. The number of para-hydroxylation sites is 1. The van der Waals surface area contributed by atoms with Gasteiger partial charge in [0.1, 0.15) is 11.5 Å². The third kappa shape index (κ3) is 3.71. The summed E-state index contributed by atoms with van der Waals surface area (Å²) >= 11 is 0. The number of aromatic nitrogens is 1. The Morgan fingerprint density at radius 2 is 1.96 bits per heavy atom. The van der Waals surface area contributed by atoms with Crippen molar-refractivity contribution in [3.05, 3.63) is 71.1 Å². The first-order valence-electron chi connectivity index (χ1n) is 8.03. The van der Waals surface area contributed by atoms with Gasteiger partial charge in [0.05, 0.1) is 7.11 Å². The number of oxazole rings is 1. The van der Waals surface area contributed by atoms with Crippen LogP contribution in [0.5, 0.6) is 5.75 Å². The van der Waals surface area contributed by atoms with Gasteiger partial charge in [-0.3, -0.25) is 4.79 Å². The van der Waals surface area contributed by atoms with E-state index >= 15 is 0 Å². The summed E-state index contributed by atoms with van der Waals surface area (Å²) in [4.78, 5) is 16.8. The summed E-state index contributed by atoms with van der Waals surface area (Å²) in [5.74, 6) is 1.41. The lowest BCUT2D eigenvalue weighted by Crippen LogP contribution is -2.24. The van der Waals surface area contributed by atoms with Crippen molar-refractivity contribution in [3.63, 3.8) is 0 Å². The third-order valence-corrected chi connectivity index (χ3v) is 3.91. The van der Waals surface area contributed by atoms with Crippen LogP contribution >= 0.6 is 0 Å². The van der Waals surface area contributed by atoms with Crippen LogP contribution in [-0.4, -0.2) is 18.0 Å². The highest BCUT2D eigenvalue weighted by Gasteiger charge is 2.18. The summed E-state index contributed by atoms with van der Waals surface area (Å²) < 4.78 is 11.0. The Bertz CT molecular complexity index is 899. The molecule has 0 aliphatic rings. The van der Waals surface area contributed by atoms with Crippen LogP contribution in [0.1, 0.15) is 27.4 Å². The molecule has 128 valence electrons. The first-order valence-corrected chi connectivity index (χ1v) is 8.03. The second kappa shape index (κ2) is 7.21. The zero-order chi connectivity index (χ0) is 17.8. The third-order valence-electron chi connectivity index (χ3n) is 3.91. The molecule has 0 fully saturated rings. The molecule has 3 rings (SSSR count). The summed E-state index contributed by atoms with van der Waals surface area (Å²) in [6, 6.07) is 15.4. The minimum Gasteiger partial charge on any atom is -0.496 e. The number of carbonyl (C=O) groups is 1. The van der Waals surface area contributed by atoms with Gasteiger partial charge in [0, 0.05) is 17.7 Å². The summed E-state index contributed by atoms with van der Waals surface area (Å²) in [7, 11) is 1.61. The van der Waals surface area contributed by atoms with Crippen molar-refractivity contribution < 1.29 is 13.9 Å². The van der Waals surface area contributed by atoms with E-state index in [0.717, 1.165) is 22.4 Å². The number of hydrogen-bond donors (Lipinski definition) is 1. The maximum atomic E-state index is 12.5. The summed E-state index contributed by atoms with van der Waals surface area (Å²) in [5.41, 5.74) is 3.16. The molecule has 0 spiro atoms. The number of methoxy groups -OCH3 is 1. The number of hydrogen-bond acceptors (Lipinski definition) is 4. The van der Waals surface area contributed by atoms with Crippen molar-refractivity contribution in [3.8, 4) is 17.2 Å². The van der Waals surface area contributed by atoms with Crippen LogP contribution in [0.25, 0.3) is 11.5 Å². The largest absolute Gasteiger partial charge is 0.496 e. The Balaban J connectivity index is 1.77. The lowest BCUT2D eigenvalue weighted by atomic mass is 10.1. The van der Waals surface area contributed by atoms with Crippen LogP contribution in [0.2, 0.25) is 0 Å². The number of nitrogens with zero attached hydrogens (tertiary/aromatic N) is 1. The average molecular weight is 336 g/mol. The molecule has 0 atom stereocenters. The minimum atomic E-state index is -0.272. The number of benzene rings is 2. The molecule has 0 aliphatic carbocycles. The van der Waals surface area contributed by atoms with Crippen molar-refractivity contribution in [1.82, 2.24) is 10.3 Å². The molecule has 1 aromatic heterocycles. The number of nitrogens with one attached hydrogen (secondary N) is 1. The highest BCUT2D eigenvalue weighted by molar-refractivity contribution is 5.93. The van der Waals surface area contributed by atoms with Gasteiger partial charge in [-0.25, -0.2) is 4.98 Å². The van der Waals surface area contributed by atoms with Crippen LogP contribution in [0.3, 0.4) is 0 Å². The Kier molecular flexibility index (Phi) is 4.84. The van der Waals surface area contributed by atoms with Crippen molar-refractivity contribution in [2.75, 3.05) is 7.11 Å². The maximum Gasteiger partial charge on any atom is 0.273 e. The smallest absolute Gasteiger partial charge is 0.273 e. The highest BCUT2D eigenvalue weighted by Crippen LogP contribution is 2.23. The Morgan fingerprint density at radius 3 is 2.72 bits per heavy atom. The van der Waals surface area contributed by atoms with Gasteiger partial charge >= 0.3 is 0 Å².